The van der Waals surface area contributed by atoms with E-state index in [9.17, 15) is 4.39 Å². The number of halogens is 1. The first-order valence-corrected chi connectivity index (χ1v) is 4.81. The summed E-state index contributed by atoms with van der Waals surface area (Å²) < 4.78 is 18.5. The molecule has 0 aliphatic rings. The molecule has 4 heteroatoms. The quantitative estimate of drug-likeness (QED) is 0.843. The smallest absolute Gasteiger partial charge is 0.221 e. The number of benzene rings is 1. The van der Waals surface area contributed by atoms with Gasteiger partial charge in [-0.05, 0) is 24.6 Å². The molecular weight excluding hydrogens is 207 g/mol. The first-order chi connectivity index (χ1) is 7.66. The van der Waals surface area contributed by atoms with Crippen LogP contribution in [0.5, 0.6) is 11.6 Å². The Morgan fingerprint density at radius 3 is 2.75 bits per heavy atom. The number of ether oxygens (including phenoxy) is 1. The van der Waals surface area contributed by atoms with Crippen molar-refractivity contribution in [3.05, 3.63) is 47.9 Å². The Labute approximate surface area is 92.7 Å². The van der Waals surface area contributed by atoms with Gasteiger partial charge in [0.2, 0.25) is 5.88 Å². The Balaban J connectivity index is 2.28. The average molecular weight is 218 g/mol. The fraction of sp³-hybridized carbons (Fsp3) is 0.0833. The largest absolute Gasteiger partial charge is 0.436 e. The van der Waals surface area contributed by atoms with Crippen molar-refractivity contribution in [2.75, 3.05) is 5.73 Å². The van der Waals surface area contributed by atoms with Gasteiger partial charge in [0.15, 0.2) is 11.6 Å². The van der Waals surface area contributed by atoms with Gasteiger partial charge in [-0.25, -0.2) is 9.37 Å². The zero-order valence-corrected chi connectivity index (χ0v) is 8.77. The molecule has 2 N–H and O–H groups in total. The lowest BCUT2D eigenvalue weighted by atomic mass is 10.3. The van der Waals surface area contributed by atoms with Gasteiger partial charge in [-0.1, -0.05) is 12.1 Å². The molecule has 1 aromatic carbocycles. The van der Waals surface area contributed by atoms with Gasteiger partial charge >= 0.3 is 0 Å². The van der Waals surface area contributed by atoms with E-state index in [-0.39, 0.29) is 11.6 Å². The van der Waals surface area contributed by atoms with E-state index >= 15 is 0 Å². The van der Waals surface area contributed by atoms with Gasteiger partial charge in [0.1, 0.15) is 0 Å². The van der Waals surface area contributed by atoms with Gasteiger partial charge in [0, 0.05) is 18.0 Å². The number of hydrogen-bond donors (Lipinski definition) is 1. The van der Waals surface area contributed by atoms with Crippen LogP contribution in [0.3, 0.4) is 0 Å². The van der Waals surface area contributed by atoms with Crippen molar-refractivity contribution in [3.63, 3.8) is 0 Å². The predicted octanol–water partition coefficient (Wildman–Crippen LogP) is 2.90. The highest BCUT2D eigenvalue weighted by Crippen LogP contribution is 2.24. The van der Waals surface area contributed by atoms with Gasteiger partial charge in [-0.15, -0.1) is 0 Å². The number of nitrogens with zero attached hydrogens (tertiary/aromatic N) is 1. The lowest BCUT2D eigenvalue weighted by molar-refractivity contribution is 0.427. The number of rotatable bonds is 2. The third-order valence-corrected chi connectivity index (χ3v) is 2.17. The standard InChI is InChI=1S/C12H11FN2O/c1-8-7-15-12(6-10(8)14)16-11-5-3-2-4-9(11)13/h2-7H,1H3,(H2,14,15). The Kier molecular flexibility index (Phi) is 2.72. The molecule has 16 heavy (non-hydrogen) atoms. The van der Waals surface area contributed by atoms with Crippen LogP contribution in [0.15, 0.2) is 36.5 Å². The number of nitrogens with two attached hydrogens (primary N) is 1. The lowest BCUT2D eigenvalue weighted by Crippen LogP contribution is -1.95. The maximum Gasteiger partial charge on any atom is 0.221 e. The van der Waals surface area contributed by atoms with Crippen LogP contribution in [-0.2, 0) is 0 Å². The molecule has 1 aromatic heterocycles. The van der Waals surface area contributed by atoms with E-state index in [2.05, 4.69) is 4.98 Å². The monoisotopic (exact) mass is 218 g/mol. The summed E-state index contributed by atoms with van der Waals surface area (Å²) in [7, 11) is 0. The molecule has 0 amide bonds. The first-order valence-electron chi connectivity index (χ1n) is 4.81. The number of nitrogen functional groups attached to an aromatic ring is 1. The first kappa shape index (κ1) is 10.4. The number of para-hydroxylation sites is 1. The number of aryl methyl sites for hydroxylation is 1. The molecular formula is C12H11FN2O. The second-order valence-corrected chi connectivity index (χ2v) is 3.41. The molecule has 0 aliphatic heterocycles. The van der Waals surface area contributed by atoms with Crippen LogP contribution in [0.4, 0.5) is 10.1 Å². The third kappa shape index (κ3) is 2.11. The zero-order chi connectivity index (χ0) is 11.5. The van der Waals surface area contributed by atoms with Crippen LogP contribution in [0.25, 0.3) is 0 Å². The van der Waals surface area contributed by atoms with E-state index in [0.29, 0.717) is 5.69 Å². The number of anilines is 1. The average Bonchev–Trinajstić information content (AvgIpc) is 2.27. The van der Waals surface area contributed by atoms with Crippen molar-refractivity contribution in [2.45, 2.75) is 6.92 Å². The van der Waals surface area contributed by atoms with Crippen LogP contribution in [0.1, 0.15) is 5.56 Å². The van der Waals surface area contributed by atoms with Gasteiger partial charge in [-0.2, -0.15) is 0 Å². The van der Waals surface area contributed by atoms with Crippen molar-refractivity contribution in [1.82, 2.24) is 4.98 Å². The Morgan fingerprint density at radius 1 is 1.31 bits per heavy atom. The highest BCUT2D eigenvalue weighted by Gasteiger charge is 2.05. The van der Waals surface area contributed by atoms with E-state index in [1.165, 1.54) is 12.1 Å². The molecule has 0 radical (unpaired) electrons. The third-order valence-electron chi connectivity index (χ3n) is 2.17. The lowest BCUT2D eigenvalue weighted by Gasteiger charge is -2.06. The van der Waals surface area contributed by atoms with Crippen LogP contribution in [-0.4, -0.2) is 4.98 Å². The SMILES string of the molecule is Cc1cnc(Oc2ccccc2F)cc1N. The molecule has 0 saturated heterocycles. The molecule has 0 unspecified atom stereocenters. The van der Waals surface area contributed by atoms with Crippen LogP contribution >= 0.6 is 0 Å². The molecule has 82 valence electrons. The number of aromatic nitrogens is 1. The number of hydrogen-bond acceptors (Lipinski definition) is 3. The molecule has 3 nitrogen and oxygen atoms in total. The molecule has 1 heterocycles. The van der Waals surface area contributed by atoms with Gasteiger partial charge in [-0.3, -0.25) is 0 Å². The summed E-state index contributed by atoms with van der Waals surface area (Å²) in [4.78, 5) is 4.01. The molecule has 0 fully saturated rings. The molecule has 0 atom stereocenters. The second-order valence-electron chi connectivity index (χ2n) is 3.41. The zero-order valence-electron chi connectivity index (χ0n) is 8.77. The summed E-state index contributed by atoms with van der Waals surface area (Å²) >= 11 is 0. The van der Waals surface area contributed by atoms with Crippen molar-refractivity contribution >= 4 is 5.69 Å². The topological polar surface area (TPSA) is 48.1 Å². The Bertz CT molecular complexity index is 514. The molecule has 2 rings (SSSR count). The van der Waals surface area contributed by atoms with Crippen LogP contribution in [0, 0.1) is 12.7 Å². The highest BCUT2D eigenvalue weighted by molar-refractivity contribution is 5.47. The second kappa shape index (κ2) is 4.18. The van der Waals surface area contributed by atoms with Crippen molar-refractivity contribution in [2.24, 2.45) is 0 Å². The fourth-order valence-electron chi connectivity index (χ4n) is 1.22. The predicted molar refractivity (Wildman–Crippen MR) is 59.9 cm³/mol. The number of pyridine rings is 1. The highest BCUT2D eigenvalue weighted by atomic mass is 19.1. The summed E-state index contributed by atoms with van der Waals surface area (Å²) in [5, 5.41) is 0. The minimum absolute atomic E-state index is 0.137. The maximum atomic E-state index is 13.3. The summed E-state index contributed by atoms with van der Waals surface area (Å²) in [6.07, 6.45) is 1.59. The molecule has 0 spiro atoms. The molecule has 0 aliphatic carbocycles. The van der Waals surface area contributed by atoms with E-state index in [0.717, 1.165) is 5.56 Å². The van der Waals surface area contributed by atoms with Crippen LogP contribution in [0.2, 0.25) is 0 Å². The van der Waals surface area contributed by atoms with Crippen molar-refractivity contribution in [3.8, 4) is 11.6 Å². The van der Waals surface area contributed by atoms with Crippen molar-refractivity contribution < 1.29 is 9.13 Å². The van der Waals surface area contributed by atoms with Gasteiger partial charge in [0.05, 0.1) is 0 Å². The Morgan fingerprint density at radius 2 is 2.06 bits per heavy atom. The van der Waals surface area contributed by atoms with Crippen LogP contribution < -0.4 is 10.5 Å². The summed E-state index contributed by atoms with van der Waals surface area (Å²) in [6.45, 7) is 1.84. The summed E-state index contributed by atoms with van der Waals surface area (Å²) in [5.74, 6) is -0.00472. The minimum atomic E-state index is -0.427. The fourth-order valence-corrected chi connectivity index (χ4v) is 1.22. The van der Waals surface area contributed by atoms with E-state index in [4.69, 9.17) is 10.5 Å². The van der Waals surface area contributed by atoms with Gasteiger partial charge in [0.25, 0.3) is 0 Å². The minimum Gasteiger partial charge on any atom is -0.436 e. The molecule has 0 bridgehead atoms. The normalized spacial score (nSPS) is 10.1. The molecule has 2 aromatic rings. The van der Waals surface area contributed by atoms with E-state index < -0.39 is 5.82 Å². The van der Waals surface area contributed by atoms with Gasteiger partial charge < -0.3 is 10.5 Å². The van der Waals surface area contributed by atoms with E-state index in [1.54, 1.807) is 24.4 Å². The van der Waals surface area contributed by atoms with Crippen molar-refractivity contribution in [1.29, 1.82) is 0 Å². The molecule has 0 saturated carbocycles. The summed E-state index contributed by atoms with van der Waals surface area (Å²) in [6, 6.07) is 7.72. The summed E-state index contributed by atoms with van der Waals surface area (Å²) in [5.41, 5.74) is 7.13. The maximum absolute atomic E-state index is 13.3. The Hall–Kier alpha value is -2.10. The van der Waals surface area contributed by atoms with E-state index in [1.807, 2.05) is 6.92 Å².